The van der Waals surface area contributed by atoms with Crippen LogP contribution in [0.5, 0.6) is 0 Å². The lowest BCUT2D eigenvalue weighted by molar-refractivity contribution is -0.0128. The van der Waals surface area contributed by atoms with E-state index >= 15 is 0 Å². The van der Waals surface area contributed by atoms with Crippen molar-refractivity contribution in [2.75, 3.05) is 7.11 Å². The zero-order valence-electron chi connectivity index (χ0n) is 10.8. The van der Waals surface area contributed by atoms with Crippen LogP contribution in [0.15, 0.2) is 54.6 Å². The second kappa shape index (κ2) is 6.45. The van der Waals surface area contributed by atoms with Gasteiger partial charge in [0.05, 0.1) is 6.10 Å². The number of halogens is 1. The number of aliphatic hydroxyl groups is 1. The van der Waals surface area contributed by atoms with Crippen molar-refractivity contribution in [2.45, 2.75) is 18.6 Å². The van der Waals surface area contributed by atoms with E-state index in [0.29, 0.717) is 6.42 Å². The molecule has 19 heavy (non-hydrogen) atoms. The lowest BCUT2D eigenvalue weighted by atomic mass is 9.98. The molecule has 0 fully saturated rings. The normalized spacial score (nSPS) is 14.1. The van der Waals surface area contributed by atoms with Crippen molar-refractivity contribution in [2.24, 2.45) is 0 Å². The molecule has 0 spiro atoms. The molecule has 0 amide bonds. The highest BCUT2D eigenvalue weighted by Crippen LogP contribution is 2.23. The Morgan fingerprint density at radius 3 is 2.26 bits per heavy atom. The second-order valence-corrected chi connectivity index (χ2v) is 4.46. The molecule has 2 nitrogen and oxygen atoms in total. The molecule has 0 aliphatic rings. The van der Waals surface area contributed by atoms with Crippen LogP contribution in [0, 0.1) is 5.82 Å². The van der Waals surface area contributed by atoms with Crippen molar-refractivity contribution < 1.29 is 14.2 Å². The second-order valence-electron chi connectivity index (χ2n) is 4.46. The summed E-state index contributed by atoms with van der Waals surface area (Å²) in [7, 11) is 1.57. The van der Waals surface area contributed by atoms with Crippen LogP contribution in [0.4, 0.5) is 4.39 Å². The van der Waals surface area contributed by atoms with E-state index in [1.54, 1.807) is 19.2 Å². The molecule has 0 saturated heterocycles. The number of aliphatic hydroxyl groups excluding tert-OH is 1. The summed E-state index contributed by atoms with van der Waals surface area (Å²) in [5, 5.41) is 10.3. The van der Waals surface area contributed by atoms with Crippen molar-refractivity contribution in [3.63, 3.8) is 0 Å². The SMILES string of the molecule is COC(c1ccccc1)C(O)Cc1ccc(F)cc1. The molecule has 2 rings (SSSR count). The van der Waals surface area contributed by atoms with Gasteiger partial charge in [-0.2, -0.15) is 0 Å². The fourth-order valence-corrected chi connectivity index (χ4v) is 2.13. The molecule has 0 saturated carbocycles. The number of hydrogen-bond acceptors (Lipinski definition) is 2. The largest absolute Gasteiger partial charge is 0.390 e. The van der Waals surface area contributed by atoms with E-state index in [9.17, 15) is 9.50 Å². The summed E-state index contributed by atoms with van der Waals surface area (Å²) < 4.78 is 18.2. The van der Waals surface area contributed by atoms with Gasteiger partial charge in [-0.3, -0.25) is 0 Å². The maximum Gasteiger partial charge on any atom is 0.123 e. The van der Waals surface area contributed by atoms with Crippen molar-refractivity contribution in [3.05, 3.63) is 71.5 Å². The molecule has 2 aromatic carbocycles. The lowest BCUT2D eigenvalue weighted by Crippen LogP contribution is -2.22. The highest BCUT2D eigenvalue weighted by molar-refractivity contribution is 5.21. The number of ether oxygens (including phenoxy) is 1. The van der Waals surface area contributed by atoms with Gasteiger partial charge in [0.25, 0.3) is 0 Å². The van der Waals surface area contributed by atoms with Gasteiger partial charge in [0, 0.05) is 13.5 Å². The summed E-state index contributed by atoms with van der Waals surface area (Å²) in [6, 6.07) is 15.7. The van der Waals surface area contributed by atoms with Crippen LogP contribution in [0.3, 0.4) is 0 Å². The summed E-state index contributed by atoms with van der Waals surface area (Å²) in [5.74, 6) is -0.274. The molecule has 0 heterocycles. The Morgan fingerprint density at radius 1 is 1.05 bits per heavy atom. The Balaban J connectivity index is 2.09. The van der Waals surface area contributed by atoms with Gasteiger partial charge in [0.15, 0.2) is 0 Å². The van der Waals surface area contributed by atoms with Crippen LogP contribution in [0.2, 0.25) is 0 Å². The number of hydrogen-bond donors (Lipinski definition) is 1. The molecule has 0 aromatic heterocycles. The number of methoxy groups -OCH3 is 1. The highest BCUT2D eigenvalue weighted by atomic mass is 19.1. The van der Waals surface area contributed by atoms with Crippen molar-refractivity contribution in [3.8, 4) is 0 Å². The van der Waals surface area contributed by atoms with E-state index in [2.05, 4.69) is 0 Å². The fourth-order valence-electron chi connectivity index (χ4n) is 2.13. The van der Waals surface area contributed by atoms with E-state index in [1.165, 1.54) is 12.1 Å². The zero-order chi connectivity index (χ0) is 13.7. The van der Waals surface area contributed by atoms with Gasteiger partial charge in [0.1, 0.15) is 11.9 Å². The van der Waals surface area contributed by atoms with Crippen LogP contribution in [-0.2, 0) is 11.2 Å². The van der Waals surface area contributed by atoms with Gasteiger partial charge in [-0.25, -0.2) is 4.39 Å². The average molecular weight is 260 g/mol. The third kappa shape index (κ3) is 3.63. The van der Waals surface area contributed by atoms with E-state index < -0.39 is 6.10 Å². The van der Waals surface area contributed by atoms with Gasteiger partial charge in [-0.1, -0.05) is 42.5 Å². The molecule has 2 unspecified atom stereocenters. The van der Waals surface area contributed by atoms with Gasteiger partial charge in [-0.15, -0.1) is 0 Å². The molecule has 0 bridgehead atoms. The maximum atomic E-state index is 12.8. The summed E-state index contributed by atoms with van der Waals surface area (Å²) in [4.78, 5) is 0. The Morgan fingerprint density at radius 2 is 1.68 bits per heavy atom. The molecule has 1 N–H and O–H groups in total. The Hall–Kier alpha value is -1.71. The van der Waals surface area contributed by atoms with Gasteiger partial charge < -0.3 is 9.84 Å². The topological polar surface area (TPSA) is 29.5 Å². The standard InChI is InChI=1S/C16H17FO2/c1-19-16(13-5-3-2-4-6-13)15(18)11-12-7-9-14(17)10-8-12/h2-10,15-16,18H,11H2,1H3. The van der Waals surface area contributed by atoms with Gasteiger partial charge in [0.2, 0.25) is 0 Å². The smallest absolute Gasteiger partial charge is 0.123 e. The number of benzene rings is 2. The molecular formula is C16H17FO2. The van der Waals surface area contributed by atoms with Crippen LogP contribution in [0.25, 0.3) is 0 Å². The highest BCUT2D eigenvalue weighted by Gasteiger charge is 2.20. The summed E-state index contributed by atoms with van der Waals surface area (Å²) in [5.41, 5.74) is 1.81. The average Bonchev–Trinajstić information content (AvgIpc) is 2.43. The van der Waals surface area contributed by atoms with Crippen molar-refractivity contribution in [1.82, 2.24) is 0 Å². The third-order valence-electron chi connectivity index (χ3n) is 3.09. The number of rotatable bonds is 5. The molecule has 2 atom stereocenters. The van der Waals surface area contributed by atoms with E-state index in [0.717, 1.165) is 11.1 Å². The minimum Gasteiger partial charge on any atom is -0.390 e. The quantitative estimate of drug-likeness (QED) is 0.895. The molecule has 0 radical (unpaired) electrons. The van der Waals surface area contributed by atoms with E-state index in [1.807, 2.05) is 30.3 Å². The molecule has 100 valence electrons. The first kappa shape index (κ1) is 13.7. The zero-order valence-corrected chi connectivity index (χ0v) is 10.8. The summed E-state index contributed by atoms with van der Waals surface area (Å²) >= 11 is 0. The first-order valence-corrected chi connectivity index (χ1v) is 6.21. The Bertz CT molecular complexity index is 496. The third-order valence-corrected chi connectivity index (χ3v) is 3.09. The minimum atomic E-state index is -0.669. The monoisotopic (exact) mass is 260 g/mol. The molecule has 3 heteroatoms. The Labute approximate surface area is 112 Å². The van der Waals surface area contributed by atoms with Crippen LogP contribution < -0.4 is 0 Å². The fraction of sp³-hybridized carbons (Fsp3) is 0.250. The minimum absolute atomic E-state index is 0.274. The molecule has 2 aromatic rings. The molecule has 0 aliphatic carbocycles. The van der Waals surface area contributed by atoms with Crippen LogP contribution in [-0.4, -0.2) is 18.3 Å². The van der Waals surface area contributed by atoms with Crippen LogP contribution in [0.1, 0.15) is 17.2 Å². The predicted octanol–water partition coefficient (Wildman–Crippen LogP) is 3.12. The molecule has 0 aliphatic heterocycles. The molecular weight excluding hydrogens is 243 g/mol. The van der Waals surface area contributed by atoms with E-state index in [-0.39, 0.29) is 11.9 Å². The first-order valence-electron chi connectivity index (χ1n) is 6.21. The summed E-state index contributed by atoms with van der Waals surface area (Å²) in [6.45, 7) is 0. The maximum absolute atomic E-state index is 12.8. The first-order chi connectivity index (χ1) is 9.20. The summed E-state index contributed by atoms with van der Waals surface area (Å²) in [6.07, 6.45) is -0.627. The lowest BCUT2D eigenvalue weighted by Gasteiger charge is -2.22. The van der Waals surface area contributed by atoms with Crippen LogP contribution >= 0.6 is 0 Å². The predicted molar refractivity (Wildman–Crippen MR) is 72.3 cm³/mol. The van der Waals surface area contributed by atoms with E-state index in [4.69, 9.17) is 4.74 Å². The van der Waals surface area contributed by atoms with Gasteiger partial charge >= 0.3 is 0 Å². The van der Waals surface area contributed by atoms with Crippen molar-refractivity contribution in [1.29, 1.82) is 0 Å². The van der Waals surface area contributed by atoms with Gasteiger partial charge in [-0.05, 0) is 23.3 Å². The van der Waals surface area contributed by atoms with Crippen molar-refractivity contribution >= 4 is 0 Å². The Kier molecular flexibility index (Phi) is 4.66.